The Kier molecular flexibility index (Phi) is 21.5. The van der Waals surface area contributed by atoms with Gasteiger partial charge in [0.25, 0.3) is 11.8 Å². The van der Waals surface area contributed by atoms with Crippen molar-refractivity contribution in [2.45, 2.75) is 19.6 Å². The number of fused-ring (bicyclic) bond motifs is 2. The van der Waals surface area contributed by atoms with Crippen LogP contribution in [0.25, 0.3) is 21.5 Å². The van der Waals surface area contributed by atoms with Crippen LogP contribution in [0.2, 0.25) is 0 Å². The summed E-state index contributed by atoms with van der Waals surface area (Å²) in [4.78, 5) is 37.7. The Morgan fingerprint density at radius 3 is 1.64 bits per heavy atom. The minimum absolute atomic E-state index is 0. The topological polar surface area (TPSA) is 293 Å². The zero-order valence-electron chi connectivity index (χ0n) is 28.7. The second-order valence-corrected chi connectivity index (χ2v) is 14.3. The molecule has 0 aliphatic carbocycles. The van der Waals surface area contributed by atoms with E-state index in [4.69, 9.17) is 0 Å². The molecule has 0 spiro atoms. The van der Waals surface area contributed by atoms with Gasteiger partial charge in [-0.25, -0.2) is 21.6 Å². The molecule has 0 saturated carbocycles. The molecule has 0 aromatic heterocycles. The molecule has 18 nitrogen and oxygen atoms in total. The number of anilines is 2. The van der Waals surface area contributed by atoms with Gasteiger partial charge in [0, 0.05) is 16.0 Å². The minimum Gasteiger partial charge on any atom is -0.744 e. The number of carbonyl (C=O) groups excluding carboxylic acids is 2. The predicted molar refractivity (Wildman–Crippen MR) is 169 cm³/mol. The molecule has 0 aliphatic heterocycles. The van der Waals surface area contributed by atoms with Gasteiger partial charge in [0.1, 0.15) is 20.2 Å². The van der Waals surface area contributed by atoms with Gasteiger partial charge in [0.15, 0.2) is 0 Å². The molecule has 0 bridgehead atoms. The average molecular weight is 869 g/mol. The van der Waals surface area contributed by atoms with E-state index >= 15 is 0 Å². The van der Waals surface area contributed by atoms with Crippen LogP contribution < -0.4 is 139 Å². The summed E-state index contributed by atoms with van der Waals surface area (Å²) >= 11 is 1.01. The van der Waals surface area contributed by atoms with Gasteiger partial charge in [-0.05, 0) is 88.3 Å². The van der Waals surface area contributed by atoms with E-state index in [9.17, 15) is 55.9 Å². The molecule has 26 heteroatoms. The van der Waals surface area contributed by atoms with Crippen LogP contribution in [0.4, 0.5) is 11.4 Å². The fraction of sp³-hybridized carbons (Fsp3) is 0. The molecule has 266 valence electrons. The van der Waals surface area contributed by atoms with Gasteiger partial charge in [0.2, 0.25) is 0 Å². The summed E-state index contributed by atoms with van der Waals surface area (Å²) < 4.78 is 79.3. The fourth-order valence-corrected chi connectivity index (χ4v) is 6.73. The summed E-state index contributed by atoms with van der Waals surface area (Å²) in [5.74, 6) is -3.67. The van der Waals surface area contributed by atoms with Crippen LogP contribution in [-0.2, 0) is 39.0 Å². The van der Waals surface area contributed by atoms with E-state index in [1.54, 1.807) is 18.2 Å². The first kappa shape index (κ1) is 52.3. The molecule has 55 heavy (non-hydrogen) atoms. The number of benzene rings is 5. The molecular formula is C29H16N2Na4O16S4. The molecule has 5 aromatic carbocycles. The van der Waals surface area contributed by atoms with Crippen molar-refractivity contribution >= 4 is 95.0 Å². The third kappa shape index (κ3) is 13.7. The molecule has 0 heterocycles. The van der Waals surface area contributed by atoms with Gasteiger partial charge in [-0.2, -0.15) is 8.67 Å². The van der Waals surface area contributed by atoms with Gasteiger partial charge in [-0.3, -0.25) is 19.7 Å². The van der Waals surface area contributed by atoms with Gasteiger partial charge in [-0.15, -0.1) is 0 Å². The Labute approximate surface area is 408 Å². The van der Waals surface area contributed by atoms with E-state index in [0.717, 1.165) is 48.5 Å². The second-order valence-electron chi connectivity index (χ2n) is 10.1. The normalized spacial score (nSPS) is 11.0. The van der Waals surface area contributed by atoms with Crippen LogP contribution in [-0.4, -0.2) is 48.8 Å². The molecular weight excluding hydrogens is 853 g/mol. The van der Waals surface area contributed by atoms with Crippen molar-refractivity contribution in [2.75, 3.05) is 10.6 Å². The largest absolute Gasteiger partial charge is 1.00 e. The number of amides is 2. The summed E-state index contributed by atoms with van der Waals surface area (Å²) in [5.41, 5.74) is -1.91. The predicted octanol–water partition coefficient (Wildman–Crippen LogP) is -9.52. The first-order chi connectivity index (χ1) is 24.1. The average Bonchev–Trinajstić information content (AvgIpc) is 3.08. The molecule has 0 unspecified atom stereocenters. The van der Waals surface area contributed by atoms with E-state index in [2.05, 4.69) is 29.4 Å². The number of carboxylic acids is 1. The van der Waals surface area contributed by atoms with E-state index in [1.807, 2.05) is 0 Å². The monoisotopic (exact) mass is 868 g/mol. The quantitative estimate of drug-likeness (QED) is 0.0325. The second kappa shape index (κ2) is 22.6. The molecule has 3 N–H and O–H groups in total. The standard InChI is InChI=1S/C29H20N2O16S4.4Na/c32-27(30-23-10-14-1-3-21(48-46-44-36)8-16(14)12-25(23)49-47-45-37)18-5-19(7-20(6-18)29(34)35)28(33)31-24-11-15-2-4-22(50(38,39)40)9-17(15)13-26(24)51(41,42)43;;;;/h1-13,36-37H,(H,30,32)(H,31,33)(H,34,35)(H,38,39,40)(H,41,42,43);;;;/q;4*+1/p-4. The van der Waals surface area contributed by atoms with Crippen LogP contribution in [0, 0.1) is 0 Å². The Balaban J connectivity index is 0.00000378. The fourth-order valence-electron chi connectivity index (χ4n) is 4.69. The smallest absolute Gasteiger partial charge is 0.744 e. The molecule has 0 radical (unpaired) electrons. The Bertz CT molecular complexity index is 2460. The maximum Gasteiger partial charge on any atom is 1.00 e. The van der Waals surface area contributed by atoms with E-state index in [1.165, 1.54) is 12.1 Å². The summed E-state index contributed by atoms with van der Waals surface area (Å²) in [5, 5.41) is 42.9. The molecule has 0 saturated heterocycles. The molecule has 5 aromatic rings. The van der Waals surface area contributed by atoms with Crippen LogP contribution in [0.15, 0.2) is 98.4 Å². The number of aromatic carboxylic acids is 1. The Morgan fingerprint density at radius 2 is 1.09 bits per heavy atom. The molecule has 2 amide bonds. The number of carbonyl (C=O) groups is 3. The molecule has 0 aliphatic rings. The summed E-state index contributed by atoms with van der Waals surface area (Å²) in [6, 6.07) is 15.1. The van der Waals surface area contributed by atoms with Gasteiger partial charge >= 0.3 is 124 Å². The number of nitrogens with one attached hydrogen (secondary N) is 2. The van der Waals surface area contributed by atoms with Gasteiger partial charge in [-0.1, -0.05) is 12.1 Å². The zero-order chi connectivity index (χ0) is 37.1. The van der Waals surface area contributed by atoms with Crippen molar-refractivity contribution in [1.29, 1.82) is 0 Å². The number of hydrogen-bond acceptors (Lipinski definition) is 17. The number of hydrogen-bond donors (Lipinski definition) is 3. The molecule has 5 rings (SSSR count). The third-order valence-corrected chi connectivity index (χ3v) is 9.81. The molecule has 0 atom stereocenters. The number of carboxylic acid groups (broad SMARTS) is 1. The Morgan fingerprint density at radius 1 is 0.582 bits per heavy atom. The van der Waals surface area contributed by atoms with Crippen molar-refractivity contribution < 1.29 is 193 Å². The van der Waals surface area contributed by atoms with Crippen molar-refractivity contribution in [1.82, 2.24) is 0 Å². The maximum absolute atomic E-state index is 13.5. The van der Waals surface area contributed by atoms with Crippen LogP contribution in [0.1, 0.15) is 31.1 Å². The van der Waals surface area contributed by atoms with Crippen molar-refractivity contribution in [3.05, 3.63) is 95.6 Å². The first-order valence-electron chi connectivity index (χ1n) is 13.4. The summed E-state index contributed by atoms with van der Waals surface area (Å²) in [6.07, 6.45) is 0. The third-order valence-electron chi connectivity index (χ3n) is 6.89. The van der Waals surface area contributed by atoms with Crippen LogP contribution >= 0.6 is 24.1 Å². The van der Waals surface area contributed by atoms with Crippen LogP contribution in [0.3, 0.4) is 0 Å². The van der Waals surface area contributed by atoms with E-state index in [-0.39, 0.29) is 145 Å². The SMILES string of the molecule is O=C(O)c1cc(C(=O)Nc2cc3ccc(SOO[O-])cc3cc2SOO[O-])cc(C(=O)Nc2cc3ccc(S(=O)(=O)[O-])cc3cc2S(=O)(=O)[O-])c1.[Na+].[Na+].[Na+].[Na+]. The van der Waals surface area contributed by atoms with E-state index < -0.39 is 64.6 Å². The summed E-state index contributed by atoms with van der Waals surface area (Å²) in [6.45, 7) is 0. The molecule has 0 fully saturated rings. The minimum atomic E-state index is -5.33. The summed E-state index contributed by atoms with van der Waals surface area (Å²) in [7, 11) is -10.3. The number of rotatable bonds is 13. The van der Waals surface area contributed by atoms with Gasteiger partial charge in [0.05, 0.1) is 55.7 Å². The van der Waals surface area contributed by atoms with Crippen molar-refractivity contribution in [3.63, 3.8) is 0 Å². The van der Waals surface area contributed by atoms with Crippen LogP contribution in [0.5, 0.6) is 0 Å². The Hall–Kier alpha value is -0.690. The van der Waals surface area contributed by atoms with Crippen molar-refractivity contribution in [2.24, 2.45) is 0 Å². The van der Waals surface area contributed by atoms with Gasteiger partial charge < -0.3 is 35.4 Å². The first-order valence-corrected chi connectivity index (χ1v) is 17.7. The maximum atomic E-state index is 13.5. The van der Waals surface area contributed by atoms with E-state index in [0.29, 0.717) is 39.8 Å². The zero-order valence-corrected chi connectivity index (χ0v) is 40.0. The van der Waals surface area contributed by atoms with Crippen molar-refractivity contribution in [3.8, 4) is 0 Å².